The number of aliphatic hydroxyl groups excluding tert-OH is 1. The molecule has 0 aliphatic rings. The van der Waals surface area contributed by atoms with E-state index >= 15 is 0 Å². The van der Waals surface area contributed by atoms with Crippen molar-refractivity contribution in [2.45, 2.75) is 52.6 Å². The molecule has 0 saturated carbocycles. The molecule has 3 N–H and O–H groups in total. The van der Waals surface area contributed by atoms with Crippen LogP contribution in [0.2, 0.25) is 0 Å². The van der Waals surface area contributed by atoms with E-state index < -0.39 is 6.10 Å². The number of H-pyrrole nitrogens is 1. The Balaban J connectivity index is 2.70. The van der Waals surface area contributed by atoms with Crippen LogP contribution in [0, 0.1) is 5.92 Å². The van der Waals surface area contributed by atoms with Crippen LogP contribution < -0.4 is 10.9 Å². The van der Waals surface area contributed by atoms with Gasteiger partial charge < -0.3 is 15.4 Å². The van der Waals surface area contributed by atoms with Gasteiger partial charge in [0.1, 0.15) is 11.6 Å². The molecule has 0 aliphatic carbocycles. The van der Waals surface area contributed by atoms with Gasteiger partial charge in [-0.2, -0.15) is 0 Å². The summed E-state index contributed by atoms with van der Waals surface area (Å²) in [6, 6.07) is 1.42. The van der Waals surface area contributed by atoms with Gasteiger partial charge in [0.05, 0.1) is 6.10 Å². The predicted molar refractivity (Wildman–Crippen MR) is 77.5 cm³/mol. The topological polar surface area (TPSA) is 78.0 Å². The Kier molecular flexibility index (Phi) is 6.02. The number of hydrogen-bond acceptors (Lipinski definition) is 4. The van der Waals surface area contributed by atoms with Crippen molar-refractivity contribution in [2.75, 3.05) is 11.9 Å². The van der Waals surface area contributed by atoms with Crippen LogP contribution in [-0.2, 0) is 0 Å². The maximum Gasteiger partial charge on any atom is 0.252 e. The van der Waals surface area contributed by atoms with Crippen LogP contribution in [0.5, 0.6) is 0 Å². The van der Waals surface area contributed by atoms with E-state index in [2.05, 4.69) is 29.1 Å². The molecular formula is C14H25N3O2. The van der Waals surface area contributed by atoms with Crippen LogP contribution >= 0.6 is 0 Å². The van der Waals surface area contributed by atoms with Gasteiger partial charge in [-0.05, 0) is 5.92 Å². The number of rotatable bonds is 7. The van der Waals surface area contributed by atoms with Crippen LogP contribution in [0.3, 0.4) is 0 Å². The van der Waals surface area contributed by atoms with E-state index in [1.165, 1.54) is 6.07 Å². The molecule has 1 atom stereocenters. The van der Waals surface area contributed by atoms with Gasteiger partial charge in [-0.15, -0.1) is 0 Å². The first-order valence-corrected chi connectivity index (χ1v) is 7.01. The molecule has 5 heteroatoms. The maximum absolute atomic E-state index is 11.5. The van der Waals surface area contributed by atoms with E-state index in [0.717, 1.165) is 12.8 Å². The first-order chi connectivity index (χ1) is 8.97. The molecule has 108 valence electrons. The Labute approximate surface area is 114 Å². The highest BCUT2D eigenvalue weighted by atomic mass is 16.3. The van der Waals surface area contributed by atoms with Crippen molar-refractivity contribution in [3.05, 3.63) is 22.2 Å². The van der Waals surface area contributed by atoms with Gasteiger partial charge in [0, 0.05) is 18.5 Å². The summed E-state index contributed by atoms with van der Waals surface area (Å²) >= 11 is 0. The molecule has 0 bridgehead atoms. The third kappa shape index (κ3) is 4.67. The number of aromatic amines is 1. The van der Waals surface area contributed by atoms with E-state index in [-0.39, 0.29) is 17.4 Å². The molecule has 0 radical (unpaired) electrons. The highest BCUT2D eigenvalue weighted by Crippen LogP contribution is 2.14. The Morgan fingerprint density at radius 2 is 2.00 bits per heavy atom. The predicted octanol–water partition coefficient (Wildman–Crippen LogP) is 2.10. The lowest BCUT2D eigenvalue weighted by Crippen LogP contribution is -2.28. The van der Waals surface area contributed by atoms with Gasteiger partial charge in [0.25, 0.3) is 5.56 Å². The molecule has 5 nitrogen and oxygen atoms in total. The minimum absolute atomic E-state index is 0.165. The molecule has 1 heterocycles. The van der Waals surface area contributed by atoms with Crippen molar-refractivity contribution in [1.82, 2.24) is 9.97 Å². The van der Waals surface area contributed by atoms with Gasteiger partial charge >= 0.3 is 0 Å². The monoisotopic (exact) mass is 267 g/mol. The quantitative estimate of drug-likeness (QED) is 0.707. The van der Waals surface area contributed by atoms with E-state index in [1.807, 2.05) is 13.8 Å². The molecule has 1 unspecified atom stereocenters. The second-order valence-electron chi connectivity index (χ2n) is 5.20. The van der Waals surface area contributed by atoms with Crippen molar-refractivity contribution in [2.24, 2.45) is 5.92 Å². The SMILES string of the molecule is CCC(CC)C(O)CNc1cc(=O)[nH]c(C(C)C)n1. The highest BCUT2D eigenvalue weighted by Gasteiger charge is 2.15. The van der Waals surface area contributed by atoms with E-state index in [9.17, 15) is 9.90 Å². The van der Waals surface area contributed by atoms with Gasteiger partial charge in [-0.1, -0.05) is 40.5 Å². The Bertz CT molecular complexity index is 439. The minimum Gasteiger partial charge on any atom is -0.391 e. The molecule has 0 saturated heterocycles. The molecule has 1 aromatic rings. The zero-order valence-corrected chi connectivity index (χ0v) is 12.2. The fraction of sp³-hybridized carbons (Fsp3) is 0.714. The van der Waals surface area contributed by atoms with E-state index in [4.69, 9.17) is 0 Å². The Hall–Kier alpha value is -1.36. The van der Waals surface area contributed by atoms with E-state index in [0.29, 0.717) is 18.2 Å². The fourth-order valence-electron chi connectivity index (χ4n) is 2.05. The molecular weight excluding hydrogens is 242 g/mol. The number of nitrogens with zero attached hydrogens (tertiary/aromatic N) is 1. The Morgan fingerprint density at radius 3 is 2.53 bits per heavy atom. The van der Waals surface area contributed by atoms with Crippen LogP contribution in [0.15, 0.2) is 10.9 Å². The van der Waals surface area contributed by atoms with Crippen LogP contribution in [-0.4, -0.2) is 27.7 Å². The standard InChI is InChI=1S/C14H25N3O2/c1-5-10(6-2)11(18)8-15-12-7-13(19)17-14(16-12)9(3)4/h7,9-11,18H,5-6,8H2,1-4H3,(H2,15,16,17,19). The summed E-state index contributed by atoms with van der Waals surface area (Å²) < 4.78 is 0. The normalized spacial score (nSPS) is 13.0. The van der Waals surface area contributed by atoms with Crippen molar-refractivity contribution >= 4 is 5.82 Å². The largest absolute Gasteiger partial charge is 0.391 e. The number of aliphatic hydroxyl groups is 1. The van der Waals surface area contributed by atoms with Gasteiger partial charge in [-0.25, -0.2) is 4.98 Å². The number of nitrogens with one attached hydrogen (secondary N) is 2. The summed E-state index contributed by atoms with van der Waals surface area (Å²) in [6.07, 6.45) is 1.47. The zero-order valence-electron chi connectivity index (χ0n) is 12.2. The maximum atomic E-state index is 11.5. The number of anilines is 1. The lowest BCUT2D eigenvalue weighted by Gasteiger charge is -2.20. The zero-order chi connectivity index (χ0) is 14.4. The van der Waals surface area contributed by atoms with Crippen LogP contribution in [0.1, 0.15) is 52.3 Å². The molecule has 19 heavy (non-hydrogen) atoms. The van der Waals surface area contributed by atoms with Gasteiger partial charge in [-0.3, -0.25) is 4.79 Å². The lowest BCUT2D eigenvalue weighted by atomic mass is 9.97. The molecule has 0 spiro atoms. The summed E-state index contributed by atoms with van der Waals surface area (Å²) in [5.74, 6) is 1.63. The van der Waals surface area contributed by atoms with E-state index in [1.54, 1.807) is 0 Å². The van der Waals surface area contributed by atoms with Crippen molar-refractivity contribution in [3.8, 4) is 0 Å². The van der Waals surface area contributed by atoms with Gasteiger partial charge in [0.15, 0.2) is 0 Å². The Morgan fingerprint density at radius 1 is 1.37 bits per heavy atom. The van der Waals surface area contributed by atoms with Crippen molar-refractivity contribution < 1.29 is 5.11 Å². The van der Waals surface area contributed by atoms with Crippen LogP contribution in [0.25, 0.3) is 0 Å². The lowest BCUT2D eigenvalue weighted by molar-refractivity contribution is 0.114. The average molecular weight is 267 g/mol. The third-order valence-corrected chi connectivity index (χ3v) is 3.39. The molecule has 0 fully saturated rings. The molecule has 0 aliphatic heterocycles. The molecule has 1 aromatic heterocycles. The summed E-state index contributed by atoms with van der Waals surface area (Å²) in [6.45, 7) is 8.50. The molecule has 0 amide bonds. The fourth-order valence-corrected chi connectivity index (χ4v) is 2.05. The van der Waals surface area contributed by atoms with Crippen LogP contribution in [0.4, 0.5) is 5.82 Å². The minimum atomic E-state index is -0.418. The highest BCUT2D eigenvalue weighted by molar-refractivity contribution is 5.33. The van der Waals surface area contributed by atoms with Crippen molar-refractivity contribution in [1.29, 1.82) is 0 Å². The summed E-state index contributed by atoms with van der Waals surface area (Å²) in [5.41, 5.74) is -0.168. The van der Waals surface area contributed by atoms with Crippen molar-refractivity contribution in [3.63, 3.8) is 0 Å². The smallest absolute Gasteiger partial charge is 0.252 e. The first kappa shape index (κ1) is 15.7. The third-order valence-electron chi connectivity index (χ3n) is 3.39. The second-order valence-corrected chi connectivity index (χ2v) is 5.20. The number of hydrogen-bond donors (Lipinski definition) is 3. The molecule has 0 aromatic carbocycles. The molecule has 1 rings (SSSR count). The first-order valence-electron chi connectivity index (χ1n) is 7.01. The average Bonchev–Trinajstić information content (AvgIpc) is 2.37. The number of aromatic nitrogens is 2. The van der Waals surface area contributed by atoms with Gasteiger partial charge in [0.2, 0.25) is 0 Å². The second kappa shape index (κ2) is 7.28. The summed E-state index contributed by atoms with van der Waals surface area (Å²) in [5, 5.41) is 13.1. The summed E-state index contributed by atoms with van der Waals surface area (Å²) in [7, 11) is 0. The summed E-state index contributed by atoms with van der Waals surface area (Å²) in [4.78, 5) is 18.6.